The number of unbranched alkanes of at least 4 members (excludes halogenated alkanes) is 1. The van der Waals surface area contributed by atoms with Gasteiger partial charge in [-0.15, -0.1) is 0 Å². The Bertz CT molecular complexity index is 412. The van der Waals surface area contributed by atoms with Crippen molar-refractivity contribution in [2.75, 3.05) is 0 Å². The zero-order valence-electron chi connectivity index (χ0n) is 12.7. The summed E-state index contributed by atoms with van der Waals surface area (Å²) in [6.07, 6.45) is 20.6. The Kier molecular flexibility index (Phi) is 6.24. The van der Waals surface area contributed by atoms with Crippen molar-refractivity contribution < 1.29 is 28.0 Å². The molecule has 0 bridgehead atoms. The molecule has 2 aliphatic carbocycles. The Labute approximate surface area is 139 Å². The average molecular weight is 349 g/mol. The van der Waals surface area contributed by atoms with E-state index in [9.17, 15) is 0 Å². The molecule has 0 amide bonds. The third-order valence-electron chi connectivity index (χ3n) is 4.63. The van der Waals surface area contributed by atoms with Crippen LogP contribution in [0, 0.1) is 5.92 Å². The van der Waals surface area contributed by atoms with Crippen LogP contribution in [0.1, 0.15) is 52.4 Å². The fraction of sp³-hybridized carbons (Fsp3) is 0.556. The maximum atomic E-state index is 6.33. The first-order valence-corrected chi connectivity index (χ1v) is 8.87. The van der Waals surface area contributed by atoms with Gasteiger partial charge in [0.15, 0.2) is 0 Å². The topological polar surface area (TPSA) is 9.23 Å². The van der Waals surface area contributed by atoms with E-state index in [1.165, 1.54) is 62.0 Å². The summed E-state index contributed by atoms with van der Waals surface area (Å²) in [7, 11) is 0. The second-order valence-corrected chi connectivity index (χ2v) is 6.24. The van der Waals surface area contributed by atoms with Gasteiger partial charge in [-0.1, -0.05) is 0 Å². The predicted octanol–water partition coefficient (Wildman–Crippen LogP) is 5.19. The summed E-state index contributed by atoms with van der Waals surface area (Å²) in [5, 5.41) is 0. The van der Waals surface area contributed by atoms with Crippen LogP contribution in [0.2, 0.25) is 0 Å². The van der Waals surface area contributed by atoms with E-state index in [-0.39, 0.29) is 5.60 Å². The minimum atomic E-state index is -0.144. The number of allylic oxidation sites excluding steroid dienone is 6. The van der Waals surface area contributed by atoms with Crippen LogP contribution in [0.15, 0.2) is 47.6 Å². The first kappa shape index (κ1) is 16.2. The first-order chi connectivity index (χ1) is 9.79. The maximum absolute atomic E-state index is 6.33. The summed E-state index contributed by atoms with van der Waals surface area (Å²) in [6.45, 7) is 4.59. The van der Waals surface area contributed by atoms with Crippen molar-refractivity contribution in [1.29, 1.82) is 0 Å². The SMILES string of the molecule is CCCCC(CC)C([O][Zr])(C1=CC=CC1)C1=CC=CC1. The Morgan fingerprint density at radius 2 is 1.75 bits per heavy atom. The Balaban J connectivity index is 2.35. The molecular weight excluding hydrogens is 323 g/mol. The molecule has 1 atom stereocenters. The van der Waals surface area contributed by atoms with Gasteiger partial charge in [0.2, 0.25) is 0 Å². The van der Waals surface area contributed by atoms with Crippen LogP contribution in [0.25, 0.3) is 0 Å². The molecule has 0 heterocycles. The zero-order valence-corrected chi connectivity index (χ0v) is 15.2. The van der Waals surface area contributed by atoms with Gasteiger partial charge in [-0.25, -0.2) is 0 Å². The summed E-state index contributed by atoms with van der Waals surface area (Å²) < 4.78 is 6.33. The molecule has 20 heavy (non-hydrogen) atoms. The van der Waals surface area contributed by atoms with Crippen molar-refractivity contribution in [2.45, 2.75) is 58.0 Å². The monoisotopic (exact) mass is 347 g/mol. The van der Waals surface area contributed by atoms with E-state index in [2.05, 4.69) is 50.3 Å². The average Bonchev–Trinajstić information content (AvgIpc) is 3.16. The molecule has 0 aliphatic heterocycles. The normalized spacial score (nSPS) is 19.2. The summed E-state index contributed by atoms with van der Waals surface area (Å²) in [5.74, 6) is 0.596. The molecule has 0 saturated carbocycles. The van der Waals surface area contributed by atoms with E-state index in [0.717, 1.165) is 12.8 Å². The van der Waals surface area contributed by atoms with Crippen molar-refractivity contribution in [2.24, 2.45) is 5.92 Å². The molecular formula is C18H25OZr. The molecule has 2 rings (SSSR count). The van der Waals surface area contributed by atoms with Crippen LogP contribution in [0.5, 0.6) is 0 Å². The Morgan fingerprint density at radius 3 is 2.10 bits per heavy atom. The van der Waals surface area contributed by atoms with Crippen molar-refractivity contribution in [1.82, 2.24) is 0 Å². The summed E-state index contributed by atoms with van der Waals surface area (Å²) in [5.41, 5.74) is 2.79. The van der Waals surface area contributed by atoms with Crippen LogP contribution in [-0.2, 0) is 28.0 Å². The second kappa shape index (κ2) is 7.71. The van der Waals surface area contributed by atoms with E-state index in [1.807, 2.05) is 0 Å². The van der Waals surface area contributed by atoms with Crippen LogP contribution in [0.3, 0.4) is 0 Å². The van der Waals surface area contributed by atoms with Crippen molar-refractivity contribution >= 4 is 0 Å². The van der Waals surface area contributed by atoms with E-state index in [1.54, 1.807) is 0 Å². The second-order valence-electron chi connectivity index (χ2n) is 5.73. The van der Waals surface area contributed by atoms with Gasteiger partial charge in [-0.3, -0.25) is 0 Å². The van der Waals surface area contributed by atoms with Gasteiger partial charge in [-0.2, -0.15) is 0 Å². The van der Waals surface area contributed by atoms with Gasteiger partial charge in [0.1, 0.15) is 0 Å². The van der Waals surface area contributed by atoms with Gasteiger partial charge in [0.05, 0.1) is 0 Å². The van der Waals surface area contributed by atoms with Gasteiger partial charge in [0.25, 0.3) is 0 Å². The van der Waals surface area contributed by atoms with Gasteiger partial charge >= 0.3 is 139 Å². The molecule has 2 aliphatic rings. The van der Waals surface area contributed by atoms with Crippen molar-refractivity contribution in [3.63, 3.8) is 0 Å². The molecule has 0 saturated heterocycles. The molecule has 0 N–H and O–H groups in total. The summed E-state index contributed by atoms with van der Waals surface area (Å²) >= 11 is 1.18. The zero-order chi connectivity index (χ0) is 14.4. The summed E-state index contributed by atoms with van der Waals surface area (Å²) in [6, 6.07) is 0. The van der Waals surface area contributed by atoms with Crippen molar-refractivity contribution in [3.8, 4) is 0 Å². The molecule has 0 radical (unpaired) electrons. The molecule has 0 aromatic carbocycles. The fourth-order valence-electron chi connectivity index (χ4n) is 3.54. The molecule has 2 heteroatoms. The van der Waals surface area contributed by atoms with E-state index < -0.39 is 0 Å². The number of hydrogen-bond donors (Lipinski definition) is 0. The third kappa shape index (κ3) is 3.02. The van der Waals surface area contributed by atoms with Gasteiger partial charge in [-0.05, 0) is 0 Å². The Hall–Kier alpha value is -0.197. The van der Waals surface area contributed by atoms with Crippen LogP contribution in [-0.4, -0.2) is 5.60 Å². The van der Waals surface area contributed by atoms with Crippen LogP contribution >= 0.6 is 0 Å². The number of rotatable bonds is 8. The third-order valence-corrected chi connectivity index (χ3v) is 5.42. The molecule has 0 aromatic rings. The molecule has 107 valence electrons. The molecule has 0 fully saturated rings. The standard InChI is InChI=1S/C18H25O.Zr/c1-3-5-10-15(4-2)18(19,16-11-6-7-12-16)17-13-8-9-14-17;/h6-9,11,13,15H,3-5,10,12,14H2,1-2H3;/q-1;+1. The molecule has 0 aromatic heterocycles. The minimum absolute atomic E-state index is 0.144. The number of hydrogen-bond acceptors (Lipinski definition) is 1. The van der Waals surface area contributed by atoms with E-state index in [4.69, 9.17) is 2.81 Å². The fourth-order valence-corrected chi connectivity index (χ4v) is 4.59. The van der Waals surface area contributed by atoms with Crippen LogP contribution < -0.4 is 0 Å². The van der Waals surface area contributed by atoms with Crippen LogP contribution in [0.4, 0.5) is 0 Å². The summed E-state index contributed by atoms with van der Waals surface area (Å²) in [4.78, 5) is 0. The van der Waals surface area contributed by atoms with Crippen molar-refractivity contribution in [3.05, 3.63) is 47.6 Å². The predicted molar refractivity (Wildman–Crippen MR) is 80.8 cm³/mol. The Morgan fingerprint density at radius 1 is 1.15 bits per heavy atom. The first-order valence-electron chi connectivity index (χ1n) is 7.86. The quantitative estimate of drug-likeness (QED) is 0.586. The molecule has 1 nitrogen and oxygen atoms in total. The van der Waals surface area contributed by atoms with Gasteiger partial charge < -0.3 is 0 Å². The molecule has 1 unspecified atom stereocenters. The molecule has 0 spiro atoms. The van der Waals surface area contributed by atoms with Gasteiger partial charge in [0, 0.05) is 0 Å². The van der Waals surface area contributed by atoms with E-state index >= 15 is 0 Å². The van der Waals surface area contributed by atoms with E-state index in [0.29, 0.717) is 5.92 Å².